The molecule has 1 aromatic carbocycles. The molecule has 0 radical (unpaired) electrons. The lowest BCUT2D eigenvalue weighted by Gasteiger charge is -2.29. The van der Waals surface area contributed by atoms with E-state index in [1.807, 2.05) is 13.8 Å². The maximum Gasteiger partial charge on any atom is 0.326 e. The molecule has 0 spiro atoms. The molecule has 50 heavy (non-hydrogen) atoms. The Hall–Kier alpha value is -4.57. The third-order valence-corrected chi connectivity index (χ3v) is 8.25. The molecule has 0 bridgehead atoms. The number of nitrogens with zero attached hydrogens (tertiary/aromatic N) is 1. The Balaban J connectivity index is 2.25. The molecule has 16 nitrogen and oxygen atoms in total. The van der Waals surface area contributed by atoms with Crippen molar-refractivity contribution in [2.75, 3.05) is 13.2 Å². The van der Waals surface area contributed by atoms with Crippen LogP contribution >= 0.6 is 0 Å². The summed E-state index contributed by atoms with van der Waals surface area (Å²) >= 11 is 0. The van der Waals surface area contributed by atoms with Gasteiger partial charge in [-0.1, -0.05) is 58.0 Å². The first-order valence-corrected chi connectivity index (χ1v) is 17.0. The summed E-state index contributed by atoms with van der Waals surface area (Å²) in [6, 6.07) is 1.56. The zero-order valence-electron chi connectivity index (χ0n) is 29.2. The van der Waals surface area contributed by atoms with Gasteiger partial charge in [-0.25, -0.2) is 4.79 Å². The number of primary amides is 1. The number of carbonyl (C=O) groups is 7. The Bertz CT molecular complexity index is 1340. The summed E-state index contributed by atoms with van der Waals surface area (Å²) in [4.78, 5) is 91.3. The van der Waals surface area contributed by atoms with Gasteiger partial charge in [0.15, 0.2) is 0 Å². The van der Waals surface area contributed by atoms with E-state index >= 15 is 0 Å². The van der Waals surface area contributed by atoms with Crippen molar-refractivity contribution in [3.8, 4) is 0 Å². The van der Waals surface area contributed by atoms with E-state index < -0.39 is 78.4 Å². The molecule has 1 aliphatic rings. The molecule has 278 valence electrons. The Morgan fingerprint density at radius 1 is 0.820 bits per heavy atom. The van der Waals surface area contributed by atoms with E-state index in [1.165, 1.54) is 4.90 Å². The minimum Gasteiger partial charge on any atom is -0.480 e. The summed E-state index contributed by atoms with van der Waals surface area (Å²) in [7, 11) is 0. The molecule has 0 saturated carbocycles. The van der Waals surface area contributed by atoms with Gasteiger partial charge in [0.1, 0.15) is 30.2 Å². The van der Waals surface area contributed by atoms with Gasteiger partial charge in [-0.2, -0.15) is 0 Å². The lowest BCUT2D eigenvalue weighted by molar-refractivity contribution is -0.143. The molecule has 16 heteroatoms. The van der Waals surface area contributed by atoms with Crippen LogP contribution in [0.3, 0.4) is 0 Å². The molecule has 0 aromatic heterocycles. The van der Waals surface area contributed by atoms with Crippen LogP contribution in [-0.4, -0.2) is 106 Å². The van der Waals surface area contributed by atoms with Crippen molar-refractivity contribution in [1.82, 2.24) is 26.2 Å². The number of carboxylic acids is 1. The molecule has 1 heterocycles. The lowest BCUT2D eigenvalue weighted by Crippen LogP contribution is -2.60. The summed E-state index contributed by atoms with van der Waals surface area (Å²) in [6.45, 7) is 6.84. The van der Waals surface area contributed by atoms with Crippen molar-refractivity contribution in [3.63, 3.8) is 0 Å². The van der Waals surface area contributed by atoms with Crippen molar-refractivity contribution in [2.24, 2.45) is 23.3 Å². The number of hydrogen-bond donors (Lipinski definition) is 8. The maximum atomic E-state index is 13.7. The minimum absolute atomic E-state index is 0.00177. The summed E-state index contributed by atoms with van der Waals surface area (Å²) in [5.74, 6) is -5.65. The normalized spacial score (nSPS) is 17.3. The average molecular weight is 704 g/mol. The summed E-state index contributed by atoms with van der Waals surface area (Å²) in [5.41, 5.74) is 12.0. The largest absolute Gasteiger partial charge is 0.480 e. The summed E-state index contributed by atoms with van der Waals surface area (Å²) in [6.07, 6.45) is 0.858. The SMILES string of the molecule is CC(C)CC(N)C(=O)N1CCC[C@H]1C(=O)NC(Cc1ccccc1)C(=O)NC(CO)C(=O)NC(CCC(N)=O)C(=O)NC(CC(C)C)C(=O)O. The zero-order valence-corrected chi connectivity index (χ0v) is 29.2. The number of rotatable bonds is 20. The number of aliphatic carboxylic acids is 1. The molecule has 5 unspecified atom stereocenters. The highest BCUT2D eigenvalue weighted by atomic mass is 16.4. The fourth-order valence-corrected chi connectivity index (χ4v) is 5.71. The van der Waals surface area contributed by atoms with E-state index in [0.29, 0.717) is 31.4 Å². The van der Waals surface area contributed by atoms with E-state index in [2.05, 4.69) is 21.3 Å². The molecule has 0 aliphatic carbocycles. The molecule has 1 aromatic rings. The minimum atomic E-state index is -1.61. The second-order valence-electron chi connectivity index (χ2n) is 13.5. The van der Waals surface area contributed by atoms with Crippen molar-refractivity contribution in [2.45, 2.75) is 109 Å². The monoisotopic (exact) mass is 703 g/mol. The van der Waals surface area contributed by atoms with Crippen LogP contribution in [0.5, 0.6) is 0 Å². The first-order valence-electron chi connectivity index (χ1n) is 17.0. The fraction of sp³-hybridized carbons (Fsp3) is 0.618. The molecule has 6 amide bonds. The third-order valence-electron chi connectivity index (χ3n) is 8.25. The number of likely N-dealkylation sites (tertiary alicyclic amines) is 1. The number of nitrogens with two attached hydrogens (primary N) is 2. The van der Waals surface area contributed by atoms with Crippen molar-refractivity contribution >= 4 is 41.4 Å². The van der Waals surface area contributed by atoms with Gasteiger partial charge in [0.2, 0.25) is 35.4 Å². The van der Waals surface area contributed by atoms with Crippen LogP contribution < -0.4 is 32.7 Å². The molecule has 1 aliphatic heterocycles. The predicted molar refractivity (Wildman–Crippen MR) is 183 cm³/mol. The van der Waals surface area contributed by atoms with Gasteiger partial charge in [-0.15, -0.1) is 0 Å². The number of hydrogen-bond acceptors (Lipinski definition) is 9. The number of nitrogens with one attached hydrogen (secondary N) is 4. The highest BCUT2D eigenvalue weighted by molar-refractivity contribution is 5.96. The van der Waals surface area contributed by atoms with Crippen LogP contribution in [0.4, 0.5) is 0 Å². The second kappa shape index (κ2) is 20.2. The number of benzene rings is 1. The maximum absolute atomic E-state index is 13.7. The van der Waals surface area contributed by atoms with E-state index in [-0.39, 0.29) is 43.4 Å². The summed E-state index contributed by atoms with van der Waals surface area (Å²) < 4.78 is 0. The number of aliphatic hydroxyl groups excluding tert-OH is 1. The zero-order chi connectivity index (χ0) is 37.5. The van der Waals surface area contributed by atoms with Crippen molar-refractivity contribution in [1.29, 1.82) is 0 Å². The van der Waals surface area contributed by atoms with E-state index in [9.17, 15) is 43.8 Å². The smallest absolute Gasteiger partial charge is 0.326 e. The first kappa shape index (κ1) is 41.6. The van der Waals surface area contributed by atoms with Crippen LogP contribution in [-0.2, 0) is 40.0 Å². The molecule has 2 rings (SSSR count). The Morgan fingerprint density at radius 2 is 1.38 bits per heavy atom. The van der Waals surface area contributed by atoms with Crippen LogP contribution in [0.15, 0.2) is 30.3 Å². The van der Waals surface area contributed by atoms with Gasteiger partial charge >= 0.3 is 5.97 Å². The lowest BCUT2D eigenvalue weighted by atomic mass is 10.0. The molecule has 1 fully saturated rings. The predicted octanol–water partition coefficient (Wildman–Crippen LogP) is -1.08. The van der Waals surface area contributed by atoms with Crippen LogP contribution in [0.2, 0.25) is 0 Å². The number of carboxylic acid groups (broad SMARTS) is 1. The van der Waals surface area contributed by atoms with Crippen molar-refractivity contribution < 1.29 is 43.8 Å². The standard InChI is InChI=1S/C34H53N7O9/c1-19(2)15-22(35)33(48)41-14-8-11-27(41)32(47)38-24(17-21-9-6-5-7-10-21)30(45)40-26(18-42)31(46)37-23(12-13-28(36)43)29(44)39-25(34(49)50)16-20(3)4/h5-7,9-10,19-20,22-27,42H,8,11-18,35H2,1-4H3,(H2,36,43)(H,37,46)(H,38,47)(H,39,44)(H,40,45)(H,49,50)/t22?,23?,24?,25?,26?,27-/m0/s1. The van der Waals surface area contributed by atoms with Gasteiger partial charge in [-0.3, -0.25) is 28.8 Å². The van der Waals surface area contributed by atoms with Gasteiger partial charge in [0.25, 0.3) is 0 Å². The molecule has 1 saturated heterocycles. The molecular weight excluding hydrogens is 650 g/mol. The number of carbonyl (C=O) groups excluding carboxylic acids is 6. The van der Waals surface area contributed by atoms with Crippen LogP contribution in [0.25, 0.3) is 0 Å². The quantitative estimate of drug-likeness (QED) is 0.0814. The molecule has 6 atom stereocenters. The van der Waals surface area contributed by atoms with Crippen LogP contribution in [0, 0.1) is 11.8 Å². The number of amides is 6. The van der Waals surface area contributed by atoms with Gasteiger partial charge in [-0.05, 0) is 49.5 Å². The molecule has 10 N–H and O–H groups in total. The van der Waals surface area contributed by atoms with E-state index in [1.54, 1.807) is 44.2 Å². The van der Waals surface area contributed by atoms with Gasteiger partial charge in [0, 0.05) is 19.4 Å². The third kappa shape index (κ3) is 13.4. The Labute approximate surface area is 292 Å². The first-order chi connectivity index (χ1) is 23.5. The van der Waals surface area contributed by atoms with Crippen molar-refractivity contribution in [3.05, 3.63) is 35.9 Å². The summed E-state index contributed by atoms with van der Waals surface area (Å²) in [5, 5.41) is 29.5. The fourth-order valence-electron chi connectivity index (χ4n) is 5.71. The van der Waals surface area contributed by atoms with E-state index in [4.69, 9.17) is 11.5 Å². The average Bonchev–Trinajstić information content (AvgIpc) is 3.54. The Morgan fingerprint density at radius 3 is 1.94 bits per heavy atom. The topological polar surface area (TPSA) is 263 Å². The van der Waals surface area contributed by atoms with Crippen LogP contribution in [0.1, 0.15) is 71.8 Å². The molecular formula is C34H53N7O9. The highest BCUT2D eigenvalue weighted by Gasteiger charge is 2.38. The van der Waals surface area contributed by atoms with Gasteiger partial charge in [0.05, 0.1) is 12.6 Å². The van der Waals surface area contributed by atoms with Gasteiger partial charge < -0.3 is 47.8 Å². The van der Waals surface area contributed by atoms with E-state index in [0.717, 1.165) is 0 Å². The second-order valence-corrected chi connectivity index (χ2v) is 13.5. The number of aliphatic hydroxyl groups is 1. The highest BCUT2D eigenvalue weighted by Crippen LogP contribution is 2.20. The Kier molecular flexibility index (Phi) is 16.8.